The zero-order valence-corrected chi connectivity index (χ0v) is 12.0. The van der Waals surface area contributed by atoms with E-state index in [4.69, 9.17) is 5.73 Å². The minimum atomic E-state index is 0.190. The van der Waals surface area contributed by atoms with Crippen LogP contribution in [0.2, 0.25) is 0 Å². The quantitative estimate of drug-likeness (QED) is 0.802. The van der Waals surface area contributed by atoms with E-state index in [1.165, 1.54) is 29.8 Å². The van der Waals surface area contributed by atoms with Crippen molar-refractivity contribution in [1.82, 2.24) is 5.32 Å². The van der Waals surface area contributed by atoms with Gasteiger partial charge in [-0.1, -0.05) is 19.1 Å². The summed E-state index contributed by atoms with van der Waals surface area (Å²) in [7, 11) is 0. The molecule has 0 aromatic heterocycles. The Kier molecular flexibility index (Phi) is 5.54. The van der Waals surface area contributed by atoms with Gasteiger partial charge >= 0.3 is 0 Å². The fraction of sp³-hybridized carbons (Fsp3) is 0.600. The summed E-state index contributed by atoms with van der Waals surface area (Å²) in [6, 6.07) is 8.97. The molecule has 0 bridgehead atoms. The highest BCUT2D eigenvalue weighted by Crippen LogP contribution is 2.25. The number of nitrogens with two attached hydrogens (primary N) is 1. The molecular formula is C15H24N2S. The number of piperidine rings is 1. The number of nitrogens with one attached hydrogen (secondary N) is 1. The highest BCUT2D eigenvalue weighted by atomic mass is 32.2. The Bertz CT molecular complexity index is 344. The lowest BCUT2D eigenvalue weighted by molar-refractivity contribution is 0.337. The zero-order chi connectivity index (χ0) is 12.8. The lowest BCUT2D eigenvalue weighted by Crippen LogP contribution is -2.31. The van der Waals surface area contributed by atoms with Gasteiger partial charge in [0, 0.05) is 10.9 Å². The first-order valence-corrected chi connectivity index (χ1v) is 7.97. The van der Waals surface area contributed by atoms with Crippen LogP contribution in [-0.2, 0) is 0 Å². The molecule has 100 valence electrons. The summed E-state index contributed by atoms with van der Waals surface area (Å²) in [6.45, 7) is 4.49. The van der Waals surface area contributed by atoms with E-state index in [-0.39, 0.29) is 6.04 Å². The fourth-order valence-electron chi connectivity index (χ4n) is 2.60. The lowest BCUT2D eigenvalue weighted by Gasteiger charge is -2.25. The first kappa shape index (κ1) is 13.9. The molecule has 1 saturated heterocycles. The molecule has 0 radical (unpaired) electrons. The van der Waals surface area contributed by atoms with E-state index in [9.17, 15) is 0 Å². The van der Waals surface area contributed by atoms with Gasteiger partial charge in [-0.25, -0.2) is 0 Å². The van der Waals surface area contributed by atoms with Crippen molar-refractivity contribution in [2.45, 2.75) is 37.1 Å². The number of benzene rings is 1. The van der Waals surface area contributed by atoms with Crippen LogP contribution in [0.15, 0.2) is 29.2 Å². The SMILES string of the molecule is CCSc1ccc(C(N)CC2CCCNC2)cc1. The number of thioether (sulfide) groups is 1. The molecule has 18 heavy (non-hydrogen) atoms. The van der Waals surface area contributed by atoms with Crippen LogP contribution in [0.5, 0.6) is 0 Å². The molecule has 2 rings (SSSR count). The van der Waals surface area contributed by atoms with Crippen molar-refractivity contribution < 1.29 is 0 Å². The highest BCUT2D eigenvalue weighted by molar-refractivity contribution is 7.99. The summed E-state index contributed by atoms with van der Waals surface area (Å²) in [5, 5.41) is 3.46. The van der Waals surface area contributed by atoms with Crippen molar-refractivity contribution in [2.24, 2.45) is 11.7 Å². The molecule has 0 saturated carbocycles. The molecule has 1 fully saturated rings. The van der Waals surface area contributed by atoms with Crippen molar-refractivity contribution >= 4 is 11.8 Å². The standard InChI is InChI=1S/C15H24N2S/c1-2-18-14-7-5-13(6-8-14)15(16)10-12-4-3-9-17-11-12/h5-8,12,15,17H,2-4,9-11,16H2,1H3. The molecule has 3 heteroatoms. The van der Waals surface area contributed by atoms with E-state index in [1.54, 1.807) is 0 Å². The molecule has 0 aliphatic carbocycles. The molecule has 1 aliphatic rings. The Morgan fingerprint density at radius 3 is 2.78 bits per heavy atom. The predicted octanol–water partition coefficient (Wildman–Crippen LogP) is 3.19. The molecule has 1 aliphatic heterocycles. The maximum absolute atomic E-state index is 6.32. The molecule has 0 amide bonds. The fourth-order valence-corrected chi connectivity index (χ4v) is 3.26. The predicted molar refractivity (Wildman–Crippen MR) is 80.0 cm³/mol. The highest BCUT2D eigenvalue weighted by Gasteiger charge is 2.17. The Morgan fingerprint density at radius 2 is 2.17 bits per heavy atom. The van der Waals surface area contributed by atoms with Gasteiger partial charge in [-0.05, 0) is 61.7 Å². The summed E-state index contributed by atoms with van der Waals surface area (Å²) in [6.07, 6.45) is 3.72. The van der Waals surface area contributed by atoms with Crippen molar-refractivity contribution in [1.29, 1.82) is 0 Å². The van der Waals surface area contributed by atoms with Gasteiger partial charge in [-0.15, -0.1) is 11.8 Å². The molecule has 1 aromatic rings. The van der Waals surface area contributed by atoms with E-state index in [0.29, 0.717) is 0 Å². The summed E-state index contributed by atoms with van der Waals surface area (Å²) < 4.78 is 0. The van der Waals surface area contributed by atoms with Gasteiger partial charge in [-0.2, -0.15) is 0 Å². The third-order valence-corrected chi connectivity index (χ3v) is 4.50. The van der Waals surface area contributed by atoms with Crippen LogP contribution < -0.4 is 11.1 Å². The normalized spacial score (nSPS) is 21.8. The van der Waals surface area contributed by atoms with E-state index >= 15 is 0 Å². The molecular weight excluding hydrogens is 240 g/mol. The molecule has 2 atom stereocenters. The van der Waals surface area contributed by atoms with Gasteiger partial charge in [0.1, 0.15) is 0 Å². The summed E-state index contributed by atoms with van der Waals surface area (Å²) in [4.78, 5) is 1.34. The second-order valence-corrected chi connectivity index (χ2v) is 6.39. The summed E-state index contributed by atoms with van der Waals surface area (Å²) in [5.74, 6) is 1.87. The van der Waals surface area contributed by atoms with Gasteiger partial charge in [0.05, 0.1) is 0 Å². The van der Waals surface area contributed by atoms with E-state index in [1.807, 2.05) is 11.8 Å². The van der Waals surface area contributed by atoms with Gasteiger partial charge in [0.15, 0.2) is 0 Å². The summed E-state index contributed by atoms with van der Waals surface area (Å²) >= 11 is 1.88. The van der Waals surface area contributed by atoms with Crippen LogP contribution >= 0.6 is 11.8 Å². The third-order valence-electron chi connectivity index (χ3n) is 3.61. The zero-order valence-electron chi connectivity index (χ0n) is 11.2. The second-order valence-electron chi connectivity index (χ2n) is 5.06. The summed E-state index contributed by atoms with van der Waals surface area (Å²) in [5.41, 5.74) is 7.59. The number of rotatable bonds is 5. The van der Waals surface area contributed by atoms with Gasteiger partial charge in [0.2, 0.25) is 0 Å². The van der Waals surface area contributed by atoms with Crippen LogP contribution in [0.1, 0.15) is 37.8 Å². The van der Waals surface area contributed by atoms with Crippen LogP contribution in [0.4, 0.5) is 0 Å². The monoisotopic (exact) mass is 264 g/mol. The van der Waals surface area contributed by atoms with E-state index < -0.39 is 0 Å². The maximum Gasteiger partial charge on any atom is 0.0297 e. The molecule has 2 unspecified atom stereocenters. The molecule has 1 aromatic carbocycles. The average Bonchev–Trinajstić information content (AvgIpc) is 2.41. The van der Waals surface area contributed by atoms with Crippen molar-refractivity contribution in [3.05, 3.63) is 29.8 Å². The van der Waals surface area contributed by atoms with E-state index in [0.717, 1.165) is 24.6 Å². The minimum Gasteiger partial charge on any atom is -0.324 e. The molecule has 3 N–H and O–H groups in total. The lowest BCUT2D eigenvalue weighted by atomic mass is 9.90. The van der Waals surface area contributed by atoms with Crippen molar-refractivity contribution in [3.8, 4) is 0 Å². The maximum atomic E-state index is 6.32. The Morgan fingerprint density at radius 1 is 1.39 bits per heavy atom. The minimum absolute atomic E-state index is 0.190. The second kappa shape index (κ2) is 7.17. The topological polar surface area (TPSA) is 38.0 Å². The van der Waals surface area contributed by atoms with Gasteiger partial charge in [0.25, 0.3) is 0 Å². The molecule has 0 spiro atoms. The number of hydrogen-bond acceptors (Lipinski definition) is 3. The van der Waals surface area contributed by atoms with Crippen molar-refractivity contribution in [3.63, 3.8) is 0 Å². The van der Waals surface area contributed by atoms with E-state index in [2.05, 4.69) is 36.5 Å². The molecule has 2 nitrogen and oxygen atoms in total. The largest absolute Gasteiger partial charge is 0.324 e. The van der Waals surface area contributed by atoms with Crippen molar-refractivity contribution in [2.75, 3.05) is 18.8 Å². The van der Waals surface area contributed by atoms with Crippen LogP contribution in [0, 0.1) is 5.92 Å². The van der Waals surface area contributed by atoms with Gasteiger partial charge < -0.3 is 11.1 Å². The van der Waals surface area contributed by atoms with Crippen LogP contribution in [0.25, 0.3) is 0 Å². The van der Waals surface area contributed by atoms with Crippen LogP contribution in [-0.4, -0.2) is 18.8 Å². The third kappa shape index (κ3) is 4.01. The smallest absolute Gasteiger partial charge is 0.0297 e. The Balaban J connectivity index is 1.89. The Labute approximate surface area is 115 Å². The first-order chi connectivity index (χ1) is 8.79. The van der Waals surface area contributed by atoms with Gasteiger partial charge in [-0.3, -0.25) is 0 Å². The number of hydrogen-bond donors (Lipinski definition) is 2. The average molecular weight is 264 g/mol. The van der Waals surface area contributed by atoms with Crippen LogP contribution in [0.3, 0.4) is 0 Å². The molecule has 1 heterocycles. The first-order valence-electron chi connectivity index (χ1n) is 6.98. The Hall–Kier alpha value is -0.510.